The summed E-state index contributed by atoms with van der Waals surface area (Å²) in [6.07, 6.45) is 2.07. The zero-order valence-electron chi connectivity index (χ0n) is 15.6. The number of piperidine rings is 1. The van der Waals surface area contributed by atoms with Gasteiger partial charge in [-0.2, -0.15) is 0 Å². The molecular formula is C19H25FN4O2S. The van der Waals surface area contributed by atoms with Crippen LogP contribution in [0.5, 0.6) is 0 Å². The number of carbonyl (C=O) groups is 2. The van der Waals surface area contributed by atoms with Gasteiger partial charge in [-0.1, -0.05) is 25.2 Å². The first-order valence-electron chi connectivity index (χ1n) is 9.26. The Hall–Kier alpha value is -2.06. The van der Waals surface area contributed by atoms with Crippen LogP contribution >= 0.6 is 11.3 Å². The van der Waals surface area contributed by atoms with Crippen LogP contribution in [0.25, 0.3) is 10.2 Å². The van der Waals surface area contributed by atoms with Crippen molar-refractivity contribution >= 4 is 38.5 Å². The number of likely N-dealkylation sites (tertiary alicyclic amines) is 1. The Balaban J connectivity index is 1.50. The van der Waals surface area contributed by atoms with Crippen LogP contribution in [0.4, 0.5) is 9.52 Å². The highest BCUT2D eigenvalue weighted by Gasteiger charge is 2.22. The number of hydrogen-bond donors (Lipinski definition) is 2. The third-order valence-corrected chi connectivity index (χ3v) is 5.59. The summed E-state index contributed by atoms with van der Waals surface area (Å²) in [7, 11) is 0. The van der Waals surface area contributed by atoms with Crippen molar-refractivity contribution in [3.8, 4) is 0 Å². The summed E-state index contributed by atoms with van der Waals surface area (Å²) in [4.78, 5) is 30.5. The van der Waals surface area contributed by atoms with Gasteiger partial charge >= 0.3 is 0 Å². The molecule has 2 aromatic rings. The molecule has 1 aliphatic rings. The van der Waals surface area contributed by atoms with E-state index >= 15 is 0 Å². The molecule has 0 aliphatic carbocycles. The van der Waals surface area contributed by atoms with Crippen molar-refractivity contribution in [2.24, 2.45) is 11.8 Å². The molecule has 27 heavy (non-hydrogen) atoms. The van der Waals surface area contributed by atoms with E-state index < -0.39 is 0 Å². The summed E-state index contributed by atoms with van der Waals surface area (Å²) >= 11 is 1.27. The number of halogens is 1. The number of nitrogens with zero attached hydrogens (tertiary/aromatic N) is 2. The minimum atomic E-state index is -0.312. The Morgan fingerprint density at radius 1 is 1.41 bits per heavy atom. The molecule has 1 aromatic heterocycles. The standard InChI is InChI=1S/C19H25FN4O2S/c1-12(2)18(26)21-9-13-4-3-7-24(10-13)11-17(25)23-19-22-15-6-5-14(20)8-16(15)27-19/h5-6,8,12-13H,3-4,7,9-11H2,1-2H3,(H,21,26)(H,22,23,25). The third-order valence-electron chi connectivity index (χ3n) is 4.66. The van der Waals surface area contributed by atoms with E-state index in [2.05, 4.69) is 20.5 Å². The van der Waals surface area contributed by atoms with Gasteiger partial charge in [0.2, 0.25) is 11.8 Å². The van der Waals surface area contributed by atoms with Gasteiger partial charge in [-0.05, 0) is 43.5 Å². The topological polar surface area (TPSA) is 74.3 Å². The number of fused-ring (bicyclic) bond motifs is 1. The largest absolute Gasteiger partial charge is 0.356 e. The fraction of sp³-hybridized carbons (Fsp3) is 0.526. The van der Waals surface area contributed by atoms with Crippen molar-refractivity contribution in [2.45, 2.75) is 26.7 Å². The van der Waals surface area contributed by atoms with Crippen molar-refractivity contribution < 1.29 is 14.0 Å². The van der Waals surface area contributed by atoms with Crippen molar-refractivity contribution in [2.75, 3.05) is 31.5 Å². The predicted octanol–water partition coefficient (Wildman–Crippen LogP) is 2.86. The number of hydrogen-bond acceptors (Lipinski definition) is 5. The van der Waals surface area contributed by atoms with Crippen molar-refractivity contribution in [1.29, 1.82) is 0 Å². The Morgan fingerprint density at radius 2 is 2.22 bits per heavy atom. The quantitative estimate of drug-likeness (QED) is 0.793. The van der Waals surface area contributed by atoms with Gasteiger partial charge < -0.3 is 10.6 Å². The monoisotopic (exact) mass is 392 g/mol. The molecule has 1 aromatic carbocycles. The van der Waals surface area contributed by atoms with E-state index in [1.807, 2.05) is 13.8 Å². The van der Waals surface area contributed by atoms with Crippen molar-refractivity contribution in [3.63, 3.8) is 0 Å². The molecule has 3 rings (SSSR count). The molecule has 0 bridgehead atoms. The van der Waals surface area contributed by atoms with Crippen LogP contribution in [-0.2, 0) is 9.59 Å². The lowest BCUT2D eigenvalue weighted by Gasteiger charge is -2.32. The summed E-state index contributed by atoms with van der Waals surface area (Å²) in [6, 6.07) is 4.39. The van der Waals surface area contributed by atoms with Crippen molar-refractivity contribution in [1.82, 2.24) is 15.2 Å². The summed E-state index contributed by atoms with van der Waals surface area (Å²) in [5.41, 5.74) is 0.677. The molecule has 2 heterocycles. The number of carbonyl (C=O) groups excluding carboxylic acids is 2. The zero-order chi connectivity index (χ0) is 19.4. The Morgan fingerprint density at radius 3 is 3.00 bits per heavy atom. The molecule has 146 valence electrons. The van der Waals surface area contributed by atoms with Gasteiger partial charge in [-0.25, -0.2) is 9.37 Å². The minimum Gasteiger partial charge on any atom is -0.356 e. The second kappa shape index (κ2) is 8.75. The van der Waals surface area contributed by atoms with Gasteiger partial charge in [0.25, 0.3) is 0 Å². The van der Waals surface area contributed by atoms with Crippen LogP contribution in [0.15, 0.2) is 18.2 Å². The van der Waals surface area contributed by atoms with E-state index in [9.17, 15) is 14.0 Å². The molecule has 2 N–H and O–H groups in total. The average molecular weight is 393 g/mol. The van der Waals surface area contributed by atoms with E-state index in [1.165, 1.54) is 23.5 Å². The maximum absolute atomic E-state index is 13.3. The van der Waals surface area contributed by atoms with Gasteiger partial charge in [0.05, 0.1) is 16.8 Å². The first-order chi connectivity index (χ1) is 12.9. The Labute approximate surface area is 162 Å². The van der Waals surface area contributed by atoms with E-state index in [0.717, 1.165) is 25.9 Å². The third kappa shape index (κ3) is 5.46. The van der Waals surface area contributed by atoms with Crippen LogP contribution < -0.4 is 10.6 Å². The Kier molecular flexibility index (Phi) is 6.38. The van der Waals surface area contributed by atoms with E-state index in [1.54, 1.807) is 6.07 Å². The molecule has 8 heteroatoms. The first-order valence-corrected chi connectivity index (χ1v) is 10.1. The van der Waals surface area contributed by atoms with Gasteiger partial charge in [0, 0.05) is 19.0 Å². The van der Waals surface area contributed by atoms with Crippen LogP contribution in [0, 0.1) is 17.7 Å². The maximum Gasteiger partial charge on any atom is 0.240 e. The van der Waals surface area contributed by atoms with Crippen LogP contribution in [0.3, 0.4) is 0 Å². The van der Waals surface area contributed by atoms with Crippen LogP contribution in [-0.4, -0.2) is 47.9 Å². The lowest BCUT2D eigenvalue weighted by molar-refractivity contribution is -0.124. The highest BCUT2D eigenvalue weighted by Crippen LogP contribution is 2.26. The number of rotatable bonds is 6. The maximum atomic E-state index is 13.3. The lowest BCUT2D eigenvalue weighted by Crippen LogP contribution is -2.44. The first kappa shape index (κ1) is 19.7. The van der Waals surface area contributed by atoms with E-state index in [-0.39, 0.29) is 23.5 Å². The predicted molar refractivity (Wildman–Crippen MR) is 105 cm³/mol. The fourth-order valence-electron chi connectivity index (χ4n) is 3.22. The van der Waals surface area contributed by atoms with Gasteiger partial charge in [0.15, 0.2) is 5.13 Å². The molecule has 0 spiro atoms. The molecule has 0 radical (unpaired) electrons. The Bertz CT molecular complexity index is 823. The van der Waals surface area contributed by atoms with Gasteiger partial charge in [0.1, 0.15) is 5.82 Å². The lowest BCUT2D eigenvalue weighted by atomic mass is 9.97. The van der Waals surface area contributed by atoms with Crippen molar-refractivity contribution in [3.05, 3.63) is 24.0 Å². The number of benzene rings is 1. The zero-order valence-corrected chi connectivity index (χ0v) is 16.4. The van der Waals surface area contributed by atoms with Gasteiger partial charge in [-0.3, -0.25) is 14.5 Å². The number of anilines is 1. The normalized spacial score (nSPS) is 18.0. The van der Waals surface area contributed by atoms with E-state index in [0.29, 0.717) is 34.4 Å². The number of aromatic nitrogens is 1. The van der Waals surface area contributed by atoms with Crippen LogP contribution in [0.1, 0.15) is 26.7 Å². The fourth-order valence-corrected chi connectivity index (χ4v) is 4.13. The molecule has 2 amide bonds. The summed E-state index contributed by atoms with van der Waals surface area (Å²) < 4.78 is 14.0. The van der Waals surface area contributed by atoms with Gasteiger partial charge in [-0.15, -0.1) is 0 Å². The SMILES string of the molecule is CC(C)C(=O)NCC1CCCN(CC(=O)Nc2nc3ccc(F)cc3s2)C1. The summed E-state index contributed by atoms with van der Waals surface area (Å²) in [6.45, 7) is 6.36. The molecule has 1 aliphatic heterocycles. The van der Waals surface area contributed by atoms with E-state index in [4.69, 9.17) is 0 Å². The second-order valence-electron chi connectivity index (χ2n) is 7.32. The molecule has 1 unspecified atom stereocenters. The minimum absolute atomic E-state index is 0.0160. The molecule has 1 fully saturated rings. The average Bonchev–Trinajstić information content (AvgIpc) is 3.00. The smallest absolute Gasteiger partial charge is 0.240 e. The molecule has 1 atom stereocenters. The number of nitrogens with one attached hydrogen (secondary N) is 2. The number of thiazole rings is 1. The highest BCUT2D eigenvalue weighted by molar-refractivity contribution is 7.22. The molecular weight excluding hydrogens is 367 g/mol. The molecule has 0 saturated carbocycles. The number of amides is 2. The summed E-state index contributed by atoms with van der Waals surface area (Å²) in [5, 5.41) is 6.28. The van der Waals surface area contributed by atoms with Crippen LogP contribution in [0.2, 0.25) is 0 Å². The summed E-state index contributed by atoms with van der Waals surface area (Å²) in [5.74, 6) is -0.0242. The molecule has 6 nitrogen and oxygen atoms in total. The second-order valence-corrected chi connectivity index (χ2v) is 8.35. The molecule has 1 saturated heterocycles. The highest BCUT2D eigenvalue weighted by atomic mass is 32.1.